The van der Waals surface area contributed by atoms with E-state index < -0.39 is 17.5 Å². The summed E-state index contributed by atoms with van der Waals surface area (Å²) in [6, 6.07) is 9.95. The van der Waals surface area contributed by atoms with Crippen molar-refractivity contribution in [3.8, 4) is 11.8 Å². The van der Waals surface area contributed by atoms with Gasteiger partial charge in [-0.1, -0.05) is 56.6 Å². The summed E-state index contributed by atoms with van der Waals surface area (Å²) in [7, 11) is 0. The summed E-state index contributed by atoms with van der Waals surface area (Å²) in [4.78, 5) is 0. The molecule has 0 heterocycles. The summed E-state index contributed by atoms with van der Waals surface area (Å²) in [5, 5.41) is 0. The van der Waals surface area contributed by atoms with Gasteiger partial charge >= 0.3 is 0 Å². The first-order valence-electron chi connectivity index (χ1n) is 10.3. The maximum absolute atomic E-state index is 13.3. The Balaban J connectivity index is 1.58. The summed E-state index contributed by atoms with van der Waals surface area (Å²) in [6.07, 6.45) is 10.5. The molecule has 0 atom stereocenters. The Morgan fingerprint density at radius 2 is 1.43 bits per heavy atom. The number of halogens is 3. The lowest BCUT2D eigenvalue weighted by Gasteiger charge is -2.29. The fourth-order valence-electron chi connectivity index (χ4n) is 4.08. The molecular formula is C25H27F3. The molecular weight excluding hydrogens is 357 g/mol. The van der Waals surface area contributed by atoms with Gasteiger partial charge in [-0.15, -0.1) is 0 Å². The fraction of sp³-hybridized carbons (Fsp3) is 0.440. The Labute approximate surface area is 166 Å². The molecule has 3 heteroatoms. The highest BCUT2D eigenvalue weighted by molar-refractivity contribution is 5.44. The predicted octanol–water partition coefficient (Wildman–Crippen LogP) is 7.36. The van der Waals surface area contributed by atoms with Gasteiger partial charge in [-0.25, -0.2) is 13.2 Å². The van der Waals surface area contributed by atoms with Crippen LogP contribution in [-0.4, -0.2) is 0 Å². The molecule has 0 amide bonds. The van der Waals surface area contributed by atoms with Crippen LogP contribution in [0, 0.1) is 35.2 Å². The van der Waals surface area contributed by atoms with Crippen LogP contribution >= 0.6 is 0 Å². The zero-order valence-corrected chi connectivity index (χ0v) is 16.4. The van der Waals surface area contributed by atoms with Gasteiger partial charge in [0.2, 0.25) is 0 Å². The first-order chi connectivity index (χ1) is 13.6. The lowest BCUT2D eigenvalue weighted by Crippen LogP contribution is -2.13. The van der Waals surface area contributed by atoms with Crippen molar-refractivity contribution in [3.63, 3.8) is 0 Å². The Hall–Kier alpha value is -2.21. The molecule has 0 spiro atoms. The Kier molecular flexibility index (Phi) is 7.20. The van der Waals surface area contributed by atoms with Gasteiger partial charge in [0, 0.05) is 11.1 Å². The SMILES string of the molecule is CCCCCC1CCC(c2ccc(C#Cc3cc(F)c(F)c(F)c3)cc2)CC1. The molecule has 1 aliphatic rings. The predicted molar refractivity (Wildman–Crippen MR) is 108 cm³/mol. The number of hydrogen-bond acceptors (Lipinski definition) is 0. The minimum absolute atomic E-state index is 0.127. The van der Waals surface area contributed by atoms with E-state index in [1.165, 1.54) is 56.9 Å². The number of hydrogen-bond donors (Lipinski definition) is 0. The van der Waals surface area contributed by atoms with Crippen LogP contribution in [0.4, 0.5) is 13.2 Å². The second-order valence-electron chi connectivity index (χ2n) is 7.84. The van der Waals surface area contributed by atoms with Crippen LogP contribution in [0.15, 0.2) is 36.4 Å². The number of rotatable bonds is 5. The summed E-state index contributed by atoms with van der Waals surface area (Å²) in [5.41, 5.74) is 2.25. The molecule has 148 valence electrons. The van der Waals surface area contributed by atoms with Crippen molar-refractivity contribution in [3.05, 3.63) is 70.5 Å². The average Bonchev–Trinajstić information content (AvgIpc) is 2.71. The molecule has 0 nitrogen and oxygen atoms in total. The van der Waals surface area contributed by atoms with E-state index in [4.69, 9.17) is 0 Å². The van der Waals surface area contributed by atoms with E-state index in [-0.39, 0.29) is 5.56 Å². The summed E-state index contributed by atoms with van der Waals surface area (Å²) in [5.74, 6) is 3.21. The van der Waals surface area contributed by atoms with Crippen LogP contribution < -0.4 is 0 Å². The smallest absolute Gasteiger partial charge is 0.194 e. The van der Waals surface area contributed by atoms with E-state index in [1.54, 1.807) is 0 Å². The minimum Gasteiger partial charge on any atom is -0.204 e. The average molecular weight is 384 g/mol. The van der Waals surface area contributed by atoms with Gasteiger partial charge in [-0.05, 0) is 67.3 Å². The lowest BCUT2D eigenvalue weighted by molar-refractivity contribution is 0.303. The molecule has 0 N–H and O–H groups in total. The third-order valence-electron chi connectivity index (χ3n) is 5.78. The zero-order chi connectivity index (χ0) is 19.9. The molecule has 0 unspecified atom stereocenters. The summed E-state index contributed by atoms with van der Waals surface area (Å²) < 4.78 is 39.5. The van der Waals surface area contributed by atoms with Crippen LogP contribution in [0.3, 0.4) is 0 Å². The van der Waals surface area contributed by atoms with Crippen molar-refractivity contribution in [2.24, 2.45) is 5.92 Å². The van der Waals surface area contributed by atoms with E-state index in [2.05, 4.69) is 30.9 Å². The van der Waals surface area contributed by atoms with Crippen LogP contribution in [0.2, 0.25) is 0 Å². The topological polar surface area (TPSA) is 0 Å². The summed E-state index contributed by atoms with van der Waals surface area (Å²) >= 11 is 0. The lowest BCUT2D eigenvalue weighted by atomic mass is 9.77. The van der Waals surface area contributed by atoms with E-state index in [9.17, 15) is 13.2 Å². The van der Waals surface area contributed by atoms with Gasteiger partial charge in [0.1, 0.15) is 0 Å². The fourth-order valence-corrected chi connectivity index (χ4v) is 4.08. The number of unbranched alkanes of at least 4 members (excludes halogenated alkanes) is 2. The van der Waals surface area contributed by atoms with Gasteiger partial charge in [-0.2, -0.15) is 0 Å². The van der Waals surface area contributed by atoms with E-state index >= 15 is 0 Å². The molecule has 1 aliphatic carbocycles. The highest BCUT2D eigenvalue weighted by Gasteiger charge is 2.21. The van der Waals surface area contributed by atoms with E-state index in [0.29, 0.717) is 5.92 Å². The van der Waals surface area contributed by atoms with Gasteiger partial charge in [-0.3, -0.25) is 0 Å². The Morgan fingerprint density at radius 3 is 2.04 bits per heavy atom. The first kappa shape index (κ1) is 20.5. The standard InChI is InChI=1S/C25H27F3/c1-2-3-4-5-18-8-12-21(13-9-18)22-14-10-19(11-15-22)6-7-20-16-23(26)25(28)24(27)17-20/h10-11,14-18,21H,2-5,8-9,12-13H2,1H3. The second kappa shape index (κ2) is 9.82. The third-order valence-corrected chi connectivity index (χ3v) is 5.78. The largest absolute Gasteiger partial charge is 0.204 e. The molecule has 1 saturated carbocycles. The molecule has 2 aromatic carbocycles. The highest BCUT2D eigenvalue weighted by atomic mass is 19.2. The molecule has 0 saturated heterocycles. The highest BCUT2D eigenvalue weighted by Crippen LogP contribution is 2.37. The van der Waals surface area contributed by atoms with Gasteiger partial charge in [0.25, 0.3) is 0 Å². The normalized spacial score (nSPS) is 19.1. The monoisotopic (exact) mass is 384 g/mol. The van der Waals surface area contributed by atoms with Crippen molar-refractivity contribution in [2.45, 2.75) is 64.2 Å². The summed E-state index contributed by atoms with van der Waals surface area (Å²) in [6.45, 7) is 2.25. The van der Waals surface area contributed by atoms with Crippen molar-refractivity contribution in [1.82, 2.24) is 0 Å². The maximum atomic E-state index is 13.3. The molecule has 0 bridgehead atoms. The Bertz CT molecular complexity index is 811. The van der Waals surface area contributed by atoms with E-state index in [0.717, 1.165) is 23.6 Å². The van der Waals surface area contributed by atoms with E-state index in [1.807, 2.05) is 12.1 Å². The van der Waals surface area contributed by atoms with Crippen molar-refractivity contribution >= 4 is 0 Å². The van der Waals surface area contributed by atoms with Crippen molar-refractivity contribution in [2.75, 3.05) is 0 Å². The minimum atomic E-state index is -1.46. The molecule has 28 heavy (non-hydrogen) atoms. The maximum Gasteiger partial charge on any atom is 0.194 e. The molecule has 2 aromatic rings. The van der Waals surface area contributed by atoms with Crippen molar-refractivity contribution in [1.29, 1.82) is 0 Å². The quantitative estimate of drug-likeness (QED) is 0.287. The third kappa shape index (κ3) is 5.41. The molecule has 0 radical (unpaired) electrons. The van der Waals surface area contributed by atoms with Crippen LogP contribution in [0.25, 0.3) is 0 Å². The zero-order valence-electron chi connectivity index (χ0n) is 16.4. The molecule has 1 fully saturated rings. The Morgan fingerprint density at radius 1 is 0.821 bits per heavy atom. The van der Waals surface area contributed by atoms with Crippen LogP contribution in [0.5, 0.6) is 0 Å². The molecule has 3 rings (SSSR count). The van der Waals surface area contributed by atoms with Crippen LogP contribution in [0.1, 0.15) is 80.9 Å². The van der Waals surface area contributed by atoms with Crippen molar-refractivity contribution < 1.29 is 13.2 Å². The van der Waals surface area contributed by atoms with Gasteiger partial charge in [0.05, 0.1) is 0 Å². The first-order valence-corrected chi connectivity index (χ1v) is 10.3. The number of benzene rings is 2. The molecule has 0 aliphatic heterocycles. The molecule has 0 aromatic heterocycles. The van der Waals surface area contributed by atoms with Crippen LogP contribution in [-0.2, 0) is 0 Å². The van der Waals surface area contributed by atoms with Gasteiger partial charge in [0.15, 0.2) is 17.5 Å². The van der Waals surface area contributed by atoms with Gasteiger partial charge < -0.3 is 0 Å². The second-order valence-corrected chi connectivity index (χ2v) is 7.84.